The first-order chi connectivity index (χ1) is 10.1. The van der Waals surface area contributed by atoms with Crippen LogP contribution in [0.2, 0.25) is 0 Å². The first kappa shape index (κ1) is 13.5. The molecule has 0 radical (unpaired) electrons. The lowest BCUT2D eigenvalue weighted by atomic mass is 10.0. The Bertz CT molecular complexity index is 661. The van der Waals surface area contributed by atoms with Crippen molar-refractivity contribution in [2.24, 2.45) is 0 Å². The Hall–Kier alpha value is -2.49. The van der Waals surface area contributed by atoms with E-state index in [-0.39, 0.29) is 11.9 Å². The van der Waals surface area contributed by atoms with Crippen LogP contribution in [-0.2, 0) is 4.74 Å². The van der Waals surface area contributed by atoms with E-state index in [1.54, 1.807) is 12.1 Å². The predicted octanol–water partition coefficient (Wildman–Crippen LogP) is 2.91. The number of nitrogens with two attached hydrogens (primary N) is 1. The highest BCUT2D eigenvalue weighted by atomic mass is 16.5. The molecule has 21 heavy (non-hydrogen) atoms. The normalized spacial score (nSPS) is 16.1. The average molecular weight is 283 g/mol. The van der Waals surface area contributed by atoms with E-state index in [1.165, 1.54) is 0 Å². The smallest absolute Gasteiger partial charge is 0.338 e. The van der Waals surface area contributed by atoms with Crippen molar-refractivity contribution in [2.45, 2.75) is 12.8 Å². The van der Waals surface area contributed by atoms with Crippen LogP contribution in [0, 0.1) is 6.92 Å². The van der Waals surface area contributed by atoms with Crippen LogP contribution in [0.15, 0.2) is 42.5 Å². The monoisotopic (exact) mass is 283 g/mol. The van der Waals surface area contributed by atoms with Gasteiger partial charge in [-0.2, -0.15) is 0 Å². The zero-order valence-electron chi connectivity index (χ0n) is 11.8. The van der Waals surface area contributed by atoms with E-state index >= 15 is 0 Å². The minimum atomic E-state index is -0.352. The standard InChI is InChI=1S/C17H17NO3/c1-11-6-12(8-14(18)7-11)17(19)21-10-13-9-20-16-5-3-2-4-15(13)16/h2-8,13H,9-10,18H2,1H3. The summed E-state index contributed by atoms with van der Waals surface area (Å²) in [6.07, 6.45) is 0. The summed E-state index contributed by atoms with van der Waals surface area (Å²) in [5, 5.41) is 0. The van der Waals surface area contributed by atoms with Crippen molar-refractivity contribution < 1.29 is 14.3 Å². The largest absolute Gasteiger partial charge is 0.493 e. The zero-order chi connectivity index (χ0) is 14.8. The fraction of sp³-hybridized carbons (Fsp3) is 0.235. The van der Waals surface area contributed by atoms with Gasteiger partial charge >= 0.3 is 5.97 Å². The quantitative estimate of drug-likeness (QED) is 0.695. The number of nitrogen functional groups attached to an aromatic ring is 1. The van der Waals surface area contributed by atoms with Crippen molar-refractivity contribution in [1.29, 1.82) is 0 Å². The third-order valence-electron chi connectivity index (χ3n) is 3.55. The second-order valence-corrected chi connectivity index (χ2v) is 5.28. The van der Waals surface area contributed by atoms with Crippen molar-refractivity contribution in [2.75, 3.05) is 18.9 Å². The predicted molar refractivity (Wildman–Crippen MR) is 80.6 cm³/mol. The van der Waals surface area contributed by atoms with Gasteiger partial charge in [0.25, 0.3) is 0 Å². The molecule has 2 aromatic rings. The summed E-state index contributed by atoms with van der Waals surface area (Å²) in [6, 6.07) is 13.1. The molecule has 1 atom stereocenters. The summed E-state index contributed by atoms with van der Waals surface area (Å²) in [6.45, 7) is 2.75. The van der Waals surface area contributed by atoms with Gasteiger partial charge in [0, 0.05) is 11.3 Å². The van der Waals surface area contributed by atoms with Crippen LogP contribution in [0.3, 0.4) is 0 Å². The molecule has 1 heterocycles. The molecular weight excluding hydrogens is 266 g/mol. The van der Waals surface area contributed by atoms with Gasteiger partial charge in [-0.15, -0.1) is 0 Å². The summed E-state index contributed by atoms with van der Waals surface area (Å²) in [7, 11) is 0. The highest BCUT2D eigenvalue weighted by molar-refractivity contribution is 5.90. The summed E-state index contributed by atoms with van der Waals surface area (Å²) in [5.41, 5.74) is 8.84. The Morgan fingerprint density at radius 1 is 1.33 bits per heavy atom. The highest BCUT2D eigenvalue weighted by Crippen LogP contribution is 2.33. The maximum atomic E-state index is 12.1. The molecule has 0 aromatic heterocycles. The number of hydrogen-bond donors (Lipinski definition) is 1. The fourth-order valence-corrected chi connectivity index (χ4v) is 2.56. The first-order valence-corrected chi connectivity index (χ1v) is 6.89. The van der Waals surface area contributed by atoms with E-state index in [4.69, 9.17) is 15.2 Å². The third-order valence-corrected chi connectivity index (χ3v) is 3.55. The molecule has 108 valence electrons. The SMILES string of the molecule is Cc1cc(N)cc(C(=O)OCC2COc3ccccc32)c1. The van der Waals surface area contributed by atoms with Gasteiger partial charge in [-0.1, -0.05) is 18.2 Å². The van der Waals surface area contributed by atoms with E-state index in [9.17, 15) is 4.79 Å². The van der Waals surface area contributed by atoms with Gasteiger partial charge in [0.2, 0.25) is 0 Å². The molecule has 1 aliphatic rings. The van der Waals surface area contributed by atoms with Crippen molar-refractivity contribution in [3.05, 3.63) is 59.2 Å². The van der Waals surface area contributed by atoms with Gasteiger partial charge in [-0.25, -0.2) is 4.79 Å². The minimum Gasteiger partial charge on any atom is -0.493 e. The van der Waals surface area contributed by atoms with Crippen LogP contribution in [0.25, 0.3) is 0 Å². The molecule has 4 heteroatoms. The fourth-order valence-electron chi connectivity index (χ4n) is 2.56. The van der Waals surface area contributed by atoms with Crippen molar-refractivity contribution in [3.8, 4) is 5.75 Å². The van der Waals surface area contributed by atoms with Crippen LogP contribution in [-0.4, -0.2) is 19.2 Å². The van der Waals surface area contributed by atoms with E-state index in [0.717, 1.165) is 16.9 Å². The van der Waals surface area contributed by atoms with Crippen LogP contribution >= 0.6 is 0 Å². The molecule has 0 saturated carbocycles. The third kappa shape index (κ3) is 2.84. The number of ether oxygens (including phenoxy) is 2. The number of hydrogen-bond acceptors (Lipinski definition) is 4. The topological polar surface area (TPSA) is 61.6 Å². The van der Waals surface area contributed by atoms with Gasteiger partial charge in [0.15, 0.2) is 0 Å². The molecule has 0 saturated heterocycles. The lowest BCUT2D eigenvalue weighted by Crippen LogP contribution is -2.14. The lowest BCUT2D eigenvalue weighted by molar-refractivity contribution is 0.0470. The Morgan fingerprint density at radius 2 is 2.14 bits per heavy atom. The molecule has 1 aliphatic heterocycles. The minimum absolute atomic E-state index is 0.0901. The van der Waals surface area contributed by atoms with Crippen molar-refractivity contribution in [3.63, 3.8) is 0 Å². The van der Waals surface area contributed by atoms with Gasteiger partial charge in [-0.05, 0) is 36.8 Å². The average Bonchev–Trinajstić information content (AvgIpc) is 2.87. The van der Waals surface area contributed by atoms with E-state index in [0.29, 0.717) is 24.5 Å². The van der Waals surface area contributed by atoms with E-state index in [2.05, 4.69) is 0 Å². The maximum absolute atomic E-state index is 12.1. The Kier molecular flexibility index (Phi) is 3.52. The van der Waals surface area contributed by atoms with E-state index < -0.39 is 0 Å². The molecule has 0 aliphatic carbocycles. The lowest BCUT2D eigenvalue weighted by Gasteiger charge is -2.10. The molecule has 2 aromatic carbocycles. The van der Waals surface area contributed by atoms with Gasteiger partial charge < -0.3 is 15.2 Å². The number of para-hydroxylation sites is 1. The number of carbonyl (C=O) groups excluding carboxylic acids is 1. The molecule has 3 rings (SSSR count). The van der Waals surface area contributed by atoms with Crippen molar-refractivity contribution >= 4 is 11.7 Å². The first-order valence-electron chi connectivity index (χ1n) is 6.89. The van der Waals surface area contributed by atoms with Gasteiger partial charge in [0.1, 0.15) is 12.4 Å². The van der Waals surface area contributed by atoms with Gasteiger partial charge in [-0.3, -0.25) is 0 Å². The van der Waals surface area contributed by atoms with Crippen LogP contribution < -0.4 is 10.5 Å². The molecule has 0 fully saturated rings. The number of fused-ring (bicyclic) bond motifs is 1. The summed E-state index contributed by atoms with van der Waals surface area (Å²) in [5.74, 6) is 0.612. The number of esters is 1. The summed E-state index contributed by atoms with van der Waals surface area (Å²) in [4.78, 5) is 12.1. The Balaban J connectivity index is 1.67. The second kappa shape index (κ2) is 5.48. The number of aryl methyl sites for hydroxylation is 1. The number of rotatable bonds is 3. The summed E-state index contributed by atoms with van der Waals surface area (Å²) >= 11 is 0. The van der Waals surface area contributed by atoms with Gasteiger partial charge in [0.05, 0.1) is 18.1 Å². The number of benzene rings is 2. The molecular formula is C17H17NO3. The number of carbonyl (C=O) groups is 1. The molecule has 4 nitrogen and oxygen atoms in total. The Morgan fingerprint density at radius 3 is 2.95 bits per heavy atom. The molecule has 0 bridgehead atoms. The van der Waals surface area contributed by atoms with E-state index in [1.807, 2.05) is 37.3 Å². The highest BCUT2D eigenvalue weighted by Gasteiger charge is 2.25. The van der Waals surface area contributed by atoms with Crippen LogP contribution in [0.4, 0.5) is 5.69 Å². The van der Waals surface area contributed by atoms with Crippen LogP contribution in [0.1, 0.15) is 27.4 Å². The van der Waals surface area contributed by atoms with Crippen molar-refractivity contribution in [1.82, 2.24) is 0 Å². The molecule has 0 spiro atoms. The number of anilines is 1. The van der Waals surface area contributed by atoms with Crippen LogP contribution in [0.5, 0.6) is 5.75 Å². The summed E-state index contributed by atoms with van der Waals surface area (Å²) < 4.78 is 11.0. The second-order valence-electron chi connectivity index (χ2n) is 5.28. The zero-order valence-corrected chi connectivity index (χ0v) is 11.8. The molecule has 2 N–H and O–H groups in total. The Labute approximate surface area is 123 Å². The molecule has 0 amide bonds. The molecule has 1 unspecified atom stereocenters. The maximum Gasteiger partial charge on any atom is 0.338 e.